The van der Waals surface area contributed by atoms with Crippen LogP contribution in [0, 0.1) is 11.3 Å². The SMILES string of the molecule is N#Cc1ccc(-c2ccc3c(c2)c2ccccc2n3-c2cc(-c3nc(-c4ccccc4)cc(-c4ccccc4)n3)ccc2-c2ccccc2-n2c3ccccc3c3ccccc32)cc1. The normalized spacial score (nSPS) is 11.4. The Hall–Kier alpha value is -8.85. The summed E-state index contributed by atoms with van der Waals surface area (Å²) in [7, 11) is 0. The summed E-state index contributed by atoms with van der Waals surface area (Å²) in [5.74, 6) is 0.646. The van der Waals surface area contributed by atoms with E-state index in [2.05, 4.69) is 203 Å². The number of hydrogen-bond acceptors (Lipinski definition) is 3. The molecule has 3 heterocycles. The molecule has 0 saturated heterocycles. The van der Waals surface area contributed by atoms with Gasteiger partial charge in [-0.25, -0.2) is 9.97 Å². The van der Waals surface area contributed by atoms with Crippen LogP contribution in [0.3, 0.4) is 0 Å². The fourth-order valence-corrected chi connectivity index (χ4v) is 9.40. The van der Waals surface area contributed by atoms with Crippen molar-refractivity contribution in [2.45, 2.75) is 0 Å². The summed E-state index contributed by atoms with van der Waals surface area (Å²) in [5, 5.41) is 14.2. The van der Waals surface area contributed by atoms with Crippen molar-refractivity contribution in [3.05, 3.63) is 230 Å². The Morgan fingerprint density at radius 2 is 0.797 bits per heavy atom. The lowest BCUT2D eigenvalue weighted by molar-refractivity contribution is 1.15. The first-order valence-electron chi connectivity index (χ1n) is 21.5. The molecule has 3 aromatic heterocycles. The van der Waals surface area contributed by atoms with Crippen LogP contribution in [0.2, 0.25) is 0 Å². The molecule has 0 fully saturated rings. The van der Waals surface area contributed by atoms with Gasteiger partial charge in [-0.15, -0.1) is 0 Å². The minimum absolute atomic E-state index is 0.643. The number of aromatic nitrogens is 4. The van der Waals surface area contributed by atoms with E-state index in [1.165, 1.54) is 10.8 Å². The quantitative estimate of drug-likeness (QED) is 0.161. The molecule has 9 aromatic carbocycles. The third-order valence-corrected chi connectivity index (χ3v) is 12.4. The van der Waals surface area contributed by atoms with Gasteiger partial charge in [0, 0.05) is 49.4 Å². The molecule has 0 radical (unpaired) electrons. The Morgan fingerprint density at radius 3 is 1.41 bits per heavy atom. The van der Waals surface area contributed by atoms with Crippen molar-refractivity contribution < 1.29 is 0 Å². The van der Waals surface area contributed by atoms with Gasteiger partial charge in [-0.3, -0.25) is 0 Å². The Morgan fingerprint density at radius 1 is 0.328 bits per heavy atom. The molecule has 0 amide bonds. The first-order valence-corrected chi connectivity index (χ1v) is 21.5. The van der Waals surface area contributed by atoms with E-state index in [4.69, 9.17) is 9.97 Å². The Balaban J connectivity index is 1.15. The zero-order valence-electron chi connectivity index (χ0n) is 34.6. The molecule has 64 heavy (non-hydrogen) atoms. The van der Waals surface area contributed by atoms with Crippen LogP contribution in [0.1, 0.15) is 5.56 Å². The Bertz CT molecular complexity index is 3670. The van der Waals surface area contributed by atoms with E-state index in [-0.39, 0.29) is 0 Å². The molecular formula is C59H37N5. The van der Waals surface area contributed by atoms with Crippen LogP contribution in [0.25, 0.3) is 111 Å². The zero-order chi connectivity index (χ0) is 42.6. The maximum Gasteiger partial charge on any atom is 0.160 e. The number of para-hydroxylation sites is 4. The van der Waals surface area contributed by atoms with Crippen LogP contribution in [-0.4, -0.2) is 19.1 Å². The molecule has 0 aliphatic heterocycles. The number of nitrogens with zero attached hydrogens (tertiary/aromatic N) is 5. The van der Waals surface area contributed by atoms with Gasteiger partial charge in [0.15, 0.2) is 5.82 Å². The molecule has 12 rings (SSSR count). The van der Waals surface area contributed by atoms with E-state index in [0.717, 1.165) is 94.5 Å². The largest absolute Gasteiger partial charge is 0.309 e. The van der Waals surface area contributed by atoms with Crippen LogP contribution in [0.15, 0.2) is 224 Å². The highest BCUT2D eigenvalue weighted by atomic mass is 15.0. The summed E-state index contributed by atoms with van der Waals surface area (Å²) < 4.78 is 4.82. The minimum atomic E-state index is 0.643. The average molecular weight is 816 g/mol. The highest BCUT2D eigenvalue weighted by molar-refractivity contribution is 6.12. The number of rotatable bonds is 7. The van der Waals surface area contributed by atoms with E-state index in [1.54, 1.807) is 0 Å². The molecule has 0 N–H and O–H groups in total. The van der Waals surface area contributed by atoms with Gasteiger partial charge in [0.05, 0.1) is 56.5 Å². The predicted molar refractivity (Wildman–Crippen MR) is 263 cm³/mol. The summed E-state index contributed by atoms with van der Waals surface area (Å²) in [6, 6.07) is 81.0. The summed E-state index contributed by atoms with van der Waals surface area (Å²) in [6.45, 7) is 0. The van der Waals surface area contributed by atoms with E-state index >= 15 is 0 Å². The number of hydrogen-bond donors (Lipinski definition) is 0. The van der Waals surface area contributed by atoms with Gasteiger partial charge in [-0.2, -0.15) is 5.26 Å². The second-order valence-electron chi connectivity index (χ2n) is 16.1. The number of fused-ring (bicyclic) bond motifs is 6. The van der Waals surface area contributed by atoms with Crippen molar-refractivity contribution in [3.63, 3.8) is 0 Å². The zero-order valence-corrected chi connectivity index (χ0v) is 34.6. The Kier molecular flexibility index (Phi) is 8.81. The van der Waals surface area contributed by atoms with E-state index in [1.807, 2.05) is 36.4 Å². The van der Waals surface area contributed by atoms with Crippen molar-refractivity contribution >= 4 is 43.6 Å². The highest BCUT2D eigenvalue weighted by Crippen LogP contribution is 2.43. The molecule has 5 nitrogen and oxygen atoms in total. The molecule has 0 saturated carbocycles. The van der Waals surface area contributed by atoms with Crippen LogP contribution in [-0.2, 0) is 0 Å². The highest BCUT2D eigenvalue weighted by Gasteiger charge is 2.22. The molecule has 0 aliphatic rings. The fraction of sp³-hybridized carbons (Fsp3) is 0. The lowest BCUT2D eigenvalue weighted by Crippen LogP contribution is -2.03. The average Bonchev–Trinajstić information content (AvgIpc) is 3.89. The standard InChI is InChI=1S/C59H37N5/c60-38-39-27-29-40(30-28-39)43-32-34-57-50(35-43)48-22-10-14-26-56(48)64(57)58-36-44(59-61-51(41-15-3-1-4-16-41)37-52(62-59)42-17-5-2-6-18-42)31-33-49(58)47-21-9-13-25-55(47)63-53-23-11-7-19-45(53)46-20-8-12-24-54(46)63/h1-37H. The molecule has 0 unspecified atom stereocenters. The topological polar surface area (TPSA) is 59.4 Å². The van der Waals surface area contributed by atoms with Gasteiger partial charge in [0.2, 0.25) is 0 Å². The van der Waals surface area contributed by atoms with Gasteiger partial charge < -0.3 is 9.13 Å². The molecule has 0 spiro atoms. The van der Waals surface area contributed by atoms with Crippen LogP contribution >= 0.6 is 0 Å². The monoisotopic (exact) mass is 815 g/mol. The van der Waals surface area contributed by atoms with Crippen molar-refractivity contribution in [3.8, 4) is 73.6 Å². The molecule has 298 valence electrons. The van der Waals surface area contributed by atoms with Gasteiger partial charge in [0.25, 0.3) is 0 Å². The van der Waals surface area contributed by atoms with Crippen LogP contribution in [0.5, 0.6) is 0 Å². The maximum atomic E-state index is 9.50. The second-order valence-corrected chi connectivity index (χ2v) is 16.1. The fourth-order valence-electron chi connectivity index (χ4n) is 9.40. The third-order valence-electron chi connectivity index (χ3n) is 12.4. The van der Waals surface area contributed by atoms with Crippen molar-refractivity contribution in [1.29, 1.82) is 5.26 Å². The summed E-state index contributed by atoms with van der Waals surface area (Å²) in [6.07, 6.45) is 0. The molecular weight excluding hydrogens is 779 g/mol. The Labute approximate surface area is 370 Å². The maximum absolute atomic E-state index is 9.50. The summed E-state index contributed by atoms with van der Waals surface area (Å²) in [5.41, 5.74) is 16.2. The third kappa shape index (κ3) is 6.16. The lowest BCUT2D eigenvalue weighted by atomic mass is 9.98. The number of nitriles is 1. The van der Waals surface area contributed by atoms with E-state index in [9.17, 15) is 5.26 Å². The van der Waals surface area contributed by atoms with Gasteiger partial charge in [0.1, 0.15) is 0 Å². The predicted octanol–water partition coefficient (Wildman–Crippen LogP) is 14.9. The summed E-state index contributed by atoms with van der Waals surface area (Å²) in [4.78, 5) is 10.6. The second kappa shape index (κ2) is 15.3. The van der Waals surface area contributed by atoms with Gasteiger partial charge >= 0.3 is 0 Å². The molecule has 5 heteroatoms. The first-order chi connectivity index (χ1) is 31.7. The molecule has 0 bridgehead atoms. The van der Waals surface area contributed by atoms with Crippen molar-refractivity contribution in [2.75, 3.05) is 0 Å². The molecule has 0 atom stereocenters. The van der Waals surface area contributed by atoms with Crippen molar-refractivity contribution in [2.24, 2.45) is 0 Å². The van der Waals surface area contributed by atoms with E-state index < -0.39 is 0 Å². The summed E-state index contributed by atoms with van der Waals surface area (Å²) >= 11 is 0. The minimum Gasteiger partial charge on any atom is -0.309 e. The lowest BCUT2D eigenvalue weighted by Gasteiger charge is -2.20. The van der Waals surface area contributed by atoms with Gasteiger partial charge in [-0.1, -0.05) is 164 Å². The van der Waals surface area contributed by atoms with Gasteiger partial charge in [-0.05, 0) is 71.8 Å². The van der Waals surface area contributed by atoms with Crippen molar-refractivity contribution in [1.82, 2.24) is 19.1 Å². The van der Waals surface area contributed by atoms with Crippen LogP contribution < -0.4 is 0 Å². The van der Waals surface area contributed by atoms with E-state index in [0.29, 0.717) is 11.4 Å². The molecule has 12 aromatic rings. The smallest absolute Gasteiger partial charge is 0.160 e. The first kappa shape index (κ1) is 37.0. The van der Waals surface area contributed by atoms with Crippen LogP contribution in [0.4, 0.5) is 0 Å². The number of benzene rings is 9. The molecule has 0 aliphatic carbocycles.